The SMILES string of the molecule is CC(=O)Nc1ccc(C(=O)N(CCC(=O)O)C(C)C)s1. The fraction of sp³-hybridized carbons (Fsp3) is 0.462. The molecule has 0 saturated heterocycles. The van der Waals surface area contributed by atoms with Crippen molar-refractivity contribution in [2.24, 2.45) is 0 Å². The molecule has 0 aliphatic carbocycles. The highest BCUT2D eigenvalue weighted by Gasteiger charge is 2.21. The van der Waals surface area contributed by atoms with Crippen molar-refractivity contribution >= 4 is 34.1 Å². The van der Waals surface area contributed by atoms with Gasteiger partial charge in [0.05, 0.1) is 16.3 Å². The summed E-state index contributed by atoms with van der Waals surface area (Å²) in [5.41, 5.74) is 0. The molecular weight excluding hydrogens is 280 g/mol. The number of nitrogens with zero attached hydrogens (tertiary/aromatic N) is 1. The third kappa shape index (κ3) is 4.65. The van der Waals surface area contributed by atoms with E-state index in [0.717, 1.165) is 0 Å². The average molecular weight is 298 g/mol. The molecular formula is C13H18N2O4S. The fourth-order valence-electron chi connectivity index (χ4n) is 1.65. The zero-order valence-corrected chi connectivity index (χ0v) is 12.5. The predicted molar refractivity (Wildman–Crippen MR) is 77.0 cm³/mol. The van der Waals surface area contributed by atoms with Crippen LogP contribution in [0.1, 0.15) is 36.9 Å². The number of hydrogen-bond donors (Lipinski definition) is 2. The molecule has 1 aromatic rings. The van der Waals surface area contributed by atoms with Gasteiger partial charge in [-0.2, -0.15) is 0 Å². The minimum absolute atomic E-state index is 0.0894. The first-order valence-corrected chi connectivity index (χ1v) is 7.03. The van der Waals surface area contributed by atoms with E-state index >= 15 is 0 Å². The summed E-state index contributed by atoms with van der Waals surface area (Å²) >= 11 is 1.18. The molecule has 1 aromatic heterocycles. The van der Waals surface area contributed by atoms with Crippen molar-refractivity contribution < 1.29 is 19.5 Å². The van der Waals surface area contributed by atoms with Crippen molar-refractivity contribution in [3.8, 4) is 0 Å². The summed E-state index contributed by atoms with van der Waals surface area (Å²) < 4.78 is 0. The summed E-state index contributed by atoms with van der Waals surface area (Å²) in [6.45, 7) is 5.23. The molecule has 2 amide bonds. The van der Waals surface area contributed by atoms with Crippen molar-refractivity contribution in [2.45, 2.75) is 33.2 Å². The Hall–Kier alpha value is -1.89. The summed E-state index contributed by atoms with van der Waals surface area (Å²) in [6.07, 6.45) is -0.0894. The van der Waals surface area contributed by atoms with Crippen LogP contribution in [0.5, 0.6) is 0 Å². The number of aliphatic carboxylic acids is 1. The van der Waals surface area contributed by atoms with Crippen molar-refractivity contribution in [1.29, 1.82) is 0 Å². The fourth-order valence-corrected chi connectivity index (χ4v) is 2.55. The molecule has 0 fully saturated rings. The van der Waals surface area contributed by atoms with Gasteiger partial charge in [0, 0.05) is 19.5 Å². The normalized spacial score (nSPS) is 10.4. The van der Waals surface area contributed by atoms with E-state index in [2.05, 4.69) is 5.32 Å². The Morgan fingerprint density at radius 2 is 2.00 bits per heavy atom. The van der Waals surface area contributed by atoms with Crippen molar-refractivity contribution in [1.82, 2.24) is 4.90 Å². The third-order valence-electron chi connectivity index (χ3n) is 2.57. The molecule has 0 aliphatic heterocycles. The molecule has 0 aliphatic rings. The number of carboxylic acid groups (broad SMARTS) is 1. The minimum atomic E-state index is -0.937. The predicted octanol–water partition coefficient (Wildman–Crippen LogP) is 2.03. The van der Waals surface area contributed by atoms with Gasteiger partial charge < -0.3 is 15.3 Å². The highest BCUT2D eigenvalue weighted by molar-refractivity contribution is 7.18. The summed E-state index contributed by atoms with van der Waals surface area (Å²) in [6, 6.07) is 3.21. The lowest BCUT2D eigenvalue weighted by Crippen LogP contribution is -2.38. The van der Waals surface area contributed by atoms with E-state index in [1.807, 2.05) is 13.8 Å². The lowest BCUT2D eigenvalue weighted by molar-refractivity contribution is -0.137. The first kappa shape index (κ1) is 16.2. The second-order valence-corrected chi connectivity index (χ2v) is 5.66. The summed E-state index contributed by atoms with van der Waals surface area (Å²) in [5.74, 6) is -1.35. The topological polar surface area (TPSA) is 86.7 Å². The Balaban J connectivity index is 2.81. The largest absolute Gasteiger partial charge is 0.481 e. The van der Waals surface area contributed by atoms with E-state index in [1.54, 1.807) is 12.1 Å². The van der Waals surface area contributed by atoms with Crippen molar-refractivity contribution in [3.05, 3.63) is 17.0 Å². The first-order chi connectivity index (χ1) is 9.31. The highest BCUT2D eigenvalue weighted by atomic mass is 32.1. The zero-order chi connectivity index (χ0) is 15.3. The Morgan fingerprint density at radius 1 is 1.35 bits per heavy atom. The maximum absolute atomic E-state index is 12.3. The maximum Gasteiger partial charge on any atom is 0.305 e. The van der Waals surface area contributed by atoms with Gasteiger partial charge in [-0.05, 0) is 26.0 Å². The van der Waals surface area contributed by atoms with Gasteiger partial charge in [0.15, 0.2) is 0 Å². The van der Waals surface area contributed by atoms with Crippen LogP contribution in [-0.2, 0) is 9.59 Å². The van der Waals surface area contributed by atoms with E-state index < -0.39 is 5.97 Å². The minimum Gasteiger partial charge on any atom is -0.481 e. The second kappa shape index (κ2) is 7.04. The molecule has 110 valence electrons. The number of carboxylic acids is 1. The molecule has 0 spiro atoms. The van der Waals surface area contributed by atoms with Gasteiger partial charge >= 0.3 is 5.97 Å². The van der Waals surface area contributed by atoms with Crippen LogP contribution in [0.2, 0.25) is 0 Å². The van der Waals surface area contributed by atoms with Crippen molar-refractivity contribution in [3.63, 3.8) is 0 Å². The zero-order valence-electron chi connectivity index (χ0n) is 11.7. The number of rotatable bonds is 6. The number of amides is 2. The van der Waals surface area contributed by atoms with Crippen LogP contribution in [0.3, 0.4) is 0 Å². The van der Waals surface area contributed by atoms with Crippen LogP contribution in [0, 0.1) is 0 Å². The summed E-state index contributed by atoms with van der Waals surface area (Å²) in [7, 11) is 0. The lowest BCUT2D eigenvalue weighted by Gasteiger charge is -2.25. The van der Waals surface area contributed by atoms with Gasteiger partial charge in [-0.1, -0.05) is 0 Å². The Morgan fingerprint density at radius 3 is 2.50 bits per heavy atom. The van der Waals surface area contributed by atoms with Gasteiger partial charge in [0.1, 0.15) is 0 Å². The standard InChI is InChI=1S/C13H18N2O4S/c1-8(2)15(7-6-12(17)18)13(19)10-4-5-11(20-10)14-9(3)16/h4-5,8H,6-7H2,1-3H3,(H,14,16)(H,17,18). The van der Waals surface area contributed by atoms with Gasteiger partial charge in [-0.3, -0.25) is 14.4 Å². The summed E-state index contributed by atoms with van der Waals surface area (Å²) in [5, 5.41) is 11.9. The molecule has 20 heavy (non-hydrogen) atoms. The molecule has 0 atom stereocenters. The molecule has 6 nitrogen and oxygen atoms in total. The van der Waals surface area contributed by atoms with Crippen LogP contribution in [0.25, 0.3) is 0 Å². The van der Waals surface area contributed by atoms with Crippen LogP contribution in [0.15, 0.2) is 12.1 Å². The number of thiophene rings is 1. The van der Waals surface area contributed by atoms with E-state index in [-0.39, 0.29) is 30.8 Å². The number of carbonyl (C=O) groups excluding carboxylic acids is 2. The first-order valence-electron chi connectivity index (χ1n) is 6.21. The lowest BCUT2D eigenvalue weighted by atomic mass is 10.2. The average Bonchev–Trinajstić information content (AvgIpc) is 2.75. The number of carbonyl (C=O) groups is 3. The maximum atomic E-state index is 12.3. The molecule has 2 N–H and O–H groups in total. The third-order valence-corrected chi connectivity index (χ3v) is 3.56. The van der Waals surface area contributed by atoms with Crippen molar-refractivity contribution in [2.75, 3.05) is 11.9 Å². The number of hydrogen-bond acceptors (Lipinski definition) is 4. The molecule has 0 radical (unpaired) electrons. The van der Waals surface area contributed by atoms with E-state index in [9.17, 15) is 14.4 Å². The monoisotopic (exact) mass is 298 g/mol. The molecule has 0 aromatic carbocycles. The number of anilines is 1. The molecule has 1 rings (SSSR count). The highest BCUT2D eigenvalue weighted by Crippen LogP contribution is 2.24. The Kier molecular flexibility index (Phi) is 5.69. The van der Waals surface area contributed by atoms with Gasteiger partial charge in [0.25, 0.3) is 5.91 Å². The smallest absolute Gasteiger partial charge is 0.305 e. The van der Waals surface area contributed by atoms with Crippen LogP contribution >= 0.6 is 11.3 Å². The quantitative estimate of drug-likeness (QED) is 0.841. The van der Waals surface area contributed by atoms with E-state index in [0.29, 0.717) is 9.88 Å². The van der Waals surface area contributed by atoms with Crippen LogP contribution < -0.4 is 5.32 Å². The Bertz CT molecular complexity index is 510. The van der Waals surface area contributed by atoms with Gasteiger partial charge in [0.2, 0.25) is 5.91 Å². The molecule has 0 saturated carbocycles. The Labute approximate surface area is 121 Å². The van der Waals surface area contributed by atoms with Gasteiger partial charge in [-0.25, -0.2) is 0 Å². The summed E-state index contributed by atoms with van der Waals surface area (Å²) in [4.78, 5) is 35.9. The van der Waals surface area contributed by atoms with Crippen LogP contribution in [0.4, 0.5) is 5.00 Å². The second-order valence-electron chi connectivity index (χ2n) is 4.58. The molecule has 0 unspecified atom stereocenters. The van der Waals surface area contributed by atoms with E-state index in [1.165, 1.54) is 23.2 Å². The molecule has 7 heteroatoms. The number of nitrogens with one attached hydrogen (secondary N) is 1. The van der Waals surface area contributed by atoms with E-state index in [4.69, 9.17) is 5.11 Å². The molecule has 0 bridgehead atoms. The van der Waals surface area contributed by atoms with Crippen LogP contribution in [-0.4, -0.2) is 40.4 Å². The molecule has 1 heterocycles. The van der Waals surface area contributed by atoms with Gasteiger partial charge in [-0.15, -0.1) is 11.3 Å².